The van der Waals surface area contributed by atoms with Gasteiger partial charge in [-0.2, -0.15) is 0 Å². The van der Waals surface area contributed by atoms with Crippen molar-refractivity contribution in [1.82, 2.24) is 0 Å². The Morgan fingerprint density at radius 2 is 1.90 bits per heavy atom. The van der Waals surface area contributed by atoms with Crippen molar-refractivity contribution in [2.45, 2.75) is 19.4 Å². The van der Waals surface area contributed by atoms with Gasteiger partial charge in [0.2, 0.25) is 0 Å². The lowest BCUT2D eigenvalue weighted by Gasteiger charge is -2.15. The van der Waals surface area contributed by atoms with Crippen LogP contribution in [0, 0.1) is 18.6 Å². The Hall–Kier alpha value is -1.94. The number of nitrogens with two attached hydrogens (primary N) is 1. The molecule has 2 rings (SSSR count). The minimum atomic E-state index is -0.583. The highest BCUT2D eigenvalue weighted by molar-refractivity contribution is 5.38. The fraction of sp³-hybridized carbons (Fsp3) is 0.250. The summed E-state index contributed by atoms with van der Waals surface area (Å²) in [5.41, 5.74) is 8.37. The average molecular weight is 277 g/mol. The first-order chi connectivity index (χ1) is 9.51. The number of halogens is 2. The average Bonchev–Trinajstić information content (AvgIpc) is 2.41. The molecule has 0 spiro atoms. The molecule has 106 valence electrons. The lowest BCUT2D eigenvalue weighted by molar-refractivity contribution is 0.411. The lowest BCUT2D eigenvalue weighted by atomic mass is 9.98. The minimum absolute atomic E-state index is 0.317. The van der Waals surface area contributed by atoms with E-state index < -0.39 is 11.6 Å². The quantitative estimate of drug-likeness (QED) is 0.928. The van der Waals surface area contributed by atoms with Crippen LogP contribution in [0.1, 0.15) is 22.7 Å². The zero-order valence-electron chi connectivity index (χ0n) is 11.5. The van der Waals surface area contributed by atoms with Crippen molar-refractivity contribution in [2.24, 2.45) is 5.73 Å². The maximum atomic E-state index is 13.6. The molecule has 4 heteroatoms. The third-order valence-electron chi connectivity index (χ3n) is 3.30. The van der Waals surface area contributed by atoms with Gasteiger partial charge in [-0.3, -0.25) is 0 Å². The molecule has 0 radical (unpaired) electrons. The summed E-state index contributed by atoms with van der Waals surface area (Å²) < 4.78 is 31.7. The van der Waals surface area contributed by atoms with Crippen LogP contribution in [-0.4, -0.2) is 7.11 Å². The Kier molecular flexibility index (Phi) is 4.35. The van der Waals surface area contributed by atoms with Crippen LogP contribution in [-0.2, 0) is 6.42 Å². The van der Waals surface area contributed by atoms with Gasteiger partial charge in [-0.05, 0) is 42.2 Å². The molecule has 0 aliphatic carbocycles. The summed E-state index contributed by atoms with van der Waals surface area (Å²) in [5.74, 6) is -0.361. The standard InChI is InChI=1S/C16H17F2NO/c1-10-7-12(4-6-16(10)20-2)15(19)8-11-3-5-13(17)9-14(11)18/h3-7,9,15H,8,19H2,1-2H3. The van der Waals surface area contributed by atoms with Crippen LogP contribution < -0.4 is 10.5 Å². The molecule has 0 aliphatic heterocycles. The molecule has 2 N–H and O–H groups in total. The van der Waals surface area contributed by atoms with E-state index in [4.69, 9.17) is 10.5 Å². The van der Waals surface area contributed by atoms with Gasteiger partial charge in [0.05, 0.1) is 7.11 Å². The summed E-state index contributed by atoms with van der Waals surface area (Å²) in [5, 5.41) is 0. The maximum absolute atomic E-state index is 13.6. The number of ether oxygens (including phenoxy) is 1. The van der Waals surface area contributed by atoms with Gasteiger partial charge in [0.15, 0.2) is 0 Å². The molecule has 0 bridgehead atoms. The third kappa shape index (κ3) is 3.14. The van der Waals surface area contributed by atoms with E-state index in [0.29, 0.717) is 12.0 Å². The van der Waals surface area contributed by atoms with E-state index in [-0.39, 0.29) is 6.04 Å². The SMILES string of the molecule is COc1ccc(C(N)Cc2ccc(F)cc2F)cc1C. The molecule has 0 saturated carbocycles. The van der Waals surface area contributed by atoms with Crippen molar-refractivity contribution < 1.29 is 13.5 Å². The molecule has 1 unspecified atom stereocenters. The van der Waals surface area contributed by atoms with Crippen LogP contribution in [0.4, 0.5) is 8.78 Å². The second-order valence-electron chi connectivity index (χ2n) is 4.78. The van der Waals surface area contributed by atoms with Crippen molar-refractivity contribution in [3.8, 4) is 5.75 Å². The number of benzene rings is 2. The Labute approximate surface area is 117 Å². The molecule has 0 heterocycles. The molecule has 0 aromatic heterocycles. The Morgan fingerprint density at radius 3 is 2.50 bits per heavy atom. The molecular weight excluding hydrogens is 260 g/mol. The fourth-order valence-electron chi connectivity index (χ4n) is 2.17. The van der Waals surface area contributed by atoms with Gasteiger partial charge in [-0.1, -0.05) is 18.2 Å². The number of rotatable bonds is 4. The zero-order valence-corrected chi connectivity index (χ0v) is 11.5. The van der Waals surface area contributed by atoms with E-state index in [1.54, 1.807) is 7.11 Å². The van der Waals surface area contributed by atoms with Gasteiger partial charge in [-0.25, -0.2) is 8.78 Å². The summed E-state index contributed by atoms with van der Waals surface area (Å²) in [4.78, 5) is 0. The summed E-state index contributed by atoms with van der Waals surface area (Å²) in [6.07, 6.45) is 0.317. The summed E-state index contributed by atoms with van der Waals surface area (Å²) in [7, 11) is 1.61. The highest BCUT2D eigenvalue weighted by atomic mass is 19.1. The maximum Gasteiger partial charge on any atom is 0.129 e. The smallest absolute Gasteiger partial charge is 0.129 e. The predicted octanol–water partition coefficient (Wildman–Crippen LogP) is 3.52. The van der Waals surface area contributed by atoms with Crippen LogP contribution in [0.15, 0.2) is 36.4 Å². The molecule has 2 aromatic carbocycles. The van der Waals surface area contributed by atoms with E-state index in [9.17, 15) is 8.78 Å². The first-order valence-electron chi connectivity index (χ1n) is 6.35. The van der Waals surface area contributed by atoms with Gasteiger partial charge in [0.25, 0.3) is 0 Å². The Morgan fingerprint density at radius 1 is 1.15 bits per heavy atom. The van der Waals surface area contributed by atoms with Gasteiger partial charge in [0, 0.05) is 12.1 Å². The van der Waals surface area contributed by atoms with Crippen molar-refractivity contribution in [3.05, 3.63) is 64.7 Å². The van der Waals surface area contributed by atoms with Crippen LogP contribution in [0.3, 0.4) is 0 Å². The molecular formula is C16H17F2NO. The number of methoxy groups -OCH3 is 1. The largest absolute Gasteiger partial charge is 0.496 e. The Bertz CT molecular complexity index is 613. The van der Waals surface area contributed by atoms with Gasteiger partial charge in [-0.15, -0.1) is 0 Å². The van der Waals surface area contributed by atoms with Crippen molar-refractivity contribution in [1.29, 1.82) is 0 Å². The van der Waals surface area contributed by atoms with Gasteiger partial charge >= 0.3 is 0 Å². The summed E-state index contributed by atoms with van der Waals surface area (Å²) >= 11 is 0. The van der Waals surface area contributed by atoms with Crippen molar-refractivity contribution in [3.63, 3.8) is 0 Å². The summed E-state index contributed by atoms with van der Waals surface area (Å²) in [6, 6.07) is 8.82. The molecule has 1 atom stereocenters. The number of hydrogen-bond acceptors (Lipinski definition) is 2. The predicted molar refractivity (Wildman–Crippen MR) is 74.7 cm³/mol. The second-order valence-corrected chi connectivity index (χ2v) is 4.78. The molecule has 2 nitrogen and oxygen atoms in total. The van der Waals surface area contributed by atoms with E-state index >= 15 is 0 Å². The normalized spacial score (nSPS) is 12.2. The van der Waals surface area contributed by atoms with E-state index in [2.05, 4.69) is 0 Å². The first kappa shape index (κ1) is 14.5. The van der Waals surface area contributed by atoms with Crippen LogP contribution in [0.5, 0.6) is 5.75 Å². The highest BCUT2D eigenvalue weighted by Gasteiger charge is 2.12. The Balaban J connectivity index is 2.19. The van der Waals surface area contributed by atoms with Crippen LogP contribution in [0.2, 0.25) is 0 Å². The molecule has 2 aromatic rings. The third-order valence-corrected chi connectivity index (χ3v) is 3.30. The number of hydrogen-bond donors (Lipinski definition) is 1. The van der Waals surface area contributed by atoms with E-state index in [1.165, 1.54) is 12.1 Å². The monoisotopic (exact) mass is 277 g/mol. The second kappa shape index (κ2) is 6.01. The zero-order chi connectivity index (χ0) is 14.7. The van der Waals surface area contributed by atoms with Gasteiger partial charge in [0.1, 0.15) is 17.4 Å². The highest BCUT2D eigenvalue weighted by Crippen LogP contribution is 2.24. The van der Waals surface area contributed by atoms with Crippen LogP contribution in [0.25, 0.3) is 0 Å². The minimum Gasteiger partial charge on any atom is -0.496 e. The molecule has 0 amide bonds. The van der Waals surface area contributed by atoms with Crippen molar-refractivity contribution >= 4 is 0 Å². The number of aryl methyl sites for hydroxylation is 1. The van der Waals surface area contributed by atoms with E-state index in [1.807, 2.05) is 25.1 Å². The van der Waals surface area contributed by atoms with Crippen molar-refractivity contribution in [2.75, 3.05) is 7.11 Å². The first-order valence-corrected chi connectivity index (χ1v) is 6.35. The molecule has 20 heavy (non-hydrogen) atoms. The topological polar surface area (TPSA) is 35.2 Å². The van der Waals surface area contributed by atoms with E-state index in [0.717, 1.165) is 22.9 Å². The van der Waals surface area contributed by atoms with Crippen LogP contribution >= 0.6 is 0 Å². The van der Waals surface area contributed by atoms with Gasteiger partial charge < -0.3 is 10.5 Å². The molecule has 0 fully saturated rings. The fourth-order valence-corrected chi connectivity index (χ4v) is 2.17. The molecule has 0 aliphatic rings. The molecule has 0 saturated heterocycles. The lowest BCUT2D eigenvalue weighted by Crippen LogP contribution is -2.14. The summed E-state index contributed by atoms with van der Waals surface area (Å²) in [6.45, 7) is 1.92.